The molecule has 2 rings (SSSR count). The lowest BCUT2D eigenvalue weighted by Gasteiger charge is -2.05. The highest BCUT2D eigenvalue weighted by Crippen LogP contribution is 2.10. The number of nitriles is 1. The normalized spacial score (nSPS) is 9.90. The van der Waals surface area contributed by atoms with Crippen molar-refractivity contribution in [1.29, 1.82) is 5.26 Å². The number of aromatic amines is 1. The van der Waals surface area contributed by atoms with E-state index in [0.29, 0.717) is 22.8 Å². The summed E-state index contributed by atoms with van der Waals surface area (Å²) < 4.78 is 0. The van der Waals surface area contributed by atoms with Crippen molar-refractivity contribution in [2.75, 3.05) is 11.6 Å². The van der Waals surface area contributed by atoms with Crippen molar-refractivity contribution in [2.45, 2.75) is 5.75 Å². The summed E-state index contributed by atoms with van der Waals surface area (Å²) in [6.07, 6.45) is 1.88. The van der Waals surface area contributed by atoms with Gasteiger partial charge in [-0.15, -0.1) is 0 Å². The van der Waals surface area contributed by atoms with Gasteiger partial charge in [-0.2, -0.15) is 17.0 Å². The molecule has 0 aliphatic rings. The van der Waals surface area contributed by atoms with Gasteiger partial charge in [0.25, 0.3) is 11.5 Å². The van der Waals surface area contributed by atoms with Crippen LogP contribution in [0, 0.1) is 11.3 Å². The Morgan fingerprint density at radius 2 is 2.14 bits per heavy atom. The highest BCUT2D eigenvalue weighted by atomic mass is 32.2. The summed E-state index contributed by atoms with van der Waals surface area (Å²) in [5.74, 6) is 0.515. The van der Waals surface area contributed by atoms with Gasteiger partial charge in [-0.1, -0.05) is 0 Å². The third-order valence-electron chi connectivity index (χ3n) is 2.58. The van der Waals surface area contributed by atoms with E-state index >= 15 is 0 Å². The van der Waals surface area contributed by atoms with Crippen LogP contribution in [0.4, 0.5) is 5.69 Å². The third kappa shape index (κ3) is 3.94. The van der Waals surface area contributed by atoms with Gasteiger partial charge in [0.05, 0.1) is 17.4 Å². The van der Waals surface area contributed by atoms with Gasteiger partial charge in [0.15, 0.2) is 0 Å². The molecule has 0 saturated heterocycles. The second-order valence-electron chi connectivity index (χ2n) is 4.15. The summed E-state index contributed by atoms with van der Waals surface area (Å²) in [4.78, 5) is 30.3. The monoisotopic (exact) mass is 300 g/mol. The molecule has 21 heavy (non-hydrogen) atoms. The van der Waals surface area contributed by atoms with E-state index in [2.05, 4.69) is 15.3 Å². The molecule has 6 nitrogen and oxygen atoms in total. The van der Waals surface area contributed by atoms with Gasteiger partial charge in [0.2, 0.25) is 0 Å². The van der Waals surface area contributed by atoms with Crippen molar-refractivity contribution < 1.29 is 4.79 Å². The fourth-order valence-electron chi connectivity index (χ4n) is 1.65. The largest absolute Gasteiger partial charge is 0.321 e. The van der Waals surface area contributed by atoms with Crippen LogP contribution in [-0.4, -0.2) is 22.1 Å². The number of nitrogens with one attached hydrogen (secondary N) is 2. The molecule has 0 saturated carbocycles. The highest BCUT2D eigenvalue weighted by molar-refractivity contribution is 7.97. The van der Waals surface area contributed by atoms with Crippen LogP contribution in [0.3, 0.4) is 0 Å². The van der Waals surface area contributed by atoms with Crippen molar-refractivity contribution in [1.82, 2.24) is 9.97 Å². The summed E-state index contributed by atoms with van der Waals surface area (Å²) in [5, 5.41) is 11.3. The minimum atomic E-state index is -0.465. The minimum absolute atomic E-state index is 0.0622. The number of aromatic nitrogens is 2. The Bertz CT molecular complexity index is 747. The van der Waals surface area contributed by atoms with E-state index in [4.69, 9.17) is 5.26 Å². The molecule has 0 unspecified atom stereocenters. The molecule has 106 valence electrons. The standard InChI is InChI=1S/C14H12N4O2S/c1-21-8-12-17-11(6-13(19)18-12)14(20)16-10-4-2-9(7-15)3-5-10/h2-6H,8H2,1H3,(H,16,20)(H,17,18,19). The fourth-order valence-corrected chi connectivity index (χ4v) is 2.06. The Hall–Kier alpha value is -2.59. The van der Waals surface area contributed by atoms with Crippen LogP contribution >= 0.6 is 11.8 Å². The molecular weight excluding hydrogens is 288 g/mol. The number of anilines is 1. The summed E-state index contributed by atoms with van der Waals surface area (Å²) in [5.41, 5.74) is 0.739. The lowest BCUT2D eigenvalue weighted by atomic mass is 10.2. The summed E-state index contributed by atoms with van der Waals surface area (Å²) >= 11 is 1.50. The second kappa shape index (κ2) is 6.72. The molecule has 7 heteroatoms. The summed E-state index contributed by atoms with van der Waals surface area (Å²) in [6, 6.07) is 9.58. The first-order valence-electron chi connectivity index (χ1n) is 6.03. The maximum Gasteiger partial charge on any atom is 0.274 e. The third-order valence-corrected chi connectivity index (χ3v) is 3.14. The molecule has 1 amide bonds. The molecular formula is C14H12N4O2S. The van der Waals surface area contributed by atoms with Crippen molar-refractivity contribution in [3.05, 3.63) is 57.8 Å². The molecule has 0 atom stereocenters. The number of benzene rings is 1. The lowest BCUT2D eigenvalue weighted by Crippen LogP contribution is -2.20. The molecule has 2 N–H and O–H groups in total. The molecule has 0 bridgehead atoms. The molecule has 0 aliphatic heterocycles. The zero-order valence-electron chi connectivity index (χ0n) is 11.2. The fraction of sp³-hybridized carbons (Fsp3) is 0.143. The van der Waals surface area contributed by atoms with Crippen LogP contribution in [0.5, 0.6) is 0 Å². The topological polar surface area (TPSA) is 98.6 Å². The number of hydrogen-bond acceptors (Lipinski definition) is 5. The minimum Gasteiger partial charge on any atom is -0.321 e. The van der Waals surface area contributed by atoms with E-state index in [1.165, 1.54) is 11.8 Å². The van der Waals surface area contributed by atoms with Crippen molar-refractivity contribution in [2.24, 2.45) is 0 Å². The van der Waals surface area contributed by atoms with Gasteiger partial charge < -0.3 is 10.3 Å². The van der Waals surface area contributed by atoms with Gasteiger partial charge >= 0.3 is 0 Å². The van der Waals surface area contributed by atoms with Crippen LogP contribution in [0.25, 0.3) is 0 Å². The van der Waals surface area contributed by atoms with E-state index in [9.17, 15) is 9.59 Å². The van der Waals surface area contributed by atoms with Gasteiger partial charge in [-0.3, -0.25) is 9.59 Å². The van der Waals surface area contributed by atoms with Crippen LogP contribution in [0.15, 0.2) is 35.1 Å². The van der Waals surface area contributed by atoms with Crippen molar-refractivity contribution in [3.63, 3.8) is 0 Å². The maximum atomic E-state index is 12.1. The number of nitrogens with zero attached hydrogens (tertiary/aromatic N) is 2. The molecule has 1 aromatic carbocycles. The molecule has 1 heterocycles. The maximum absolute atomic E-state index is 12.1. The number of hydrogen-bond donors (Lipinski definition) is 2. The molecule has 2 aromatic rings. The Kier molecular flexibility index (Phi) is 4.74. The number of carbonyl (C=O) groups is 1. The Labute approximate surface area is 125 Å². The predicted octanol–water partition coefficient (Wildman–Crippen LogP) is 1.76. The smallest absolute Gasteiger partial charge is 0.274 e. The van der Waals surface area contributed by atoms with E-state index in [1.54, 1.807) is 24.3 Å². The van der Waals surface area contributed by atoms with Gasteiger partial charge in [0, 0.05) is 11.8 Å². The average molecular weight is 300 g/mol. The first-order valence-corrected chi connectivity index (χ1v) is 7.42. The number of rotatable bonds is 4. The Morgan fingerprint density at radius 1 is 1.43 bits per heavy atom. The van der Waals surface area contributed by atoms with E-state index in [-0.39, 0.29) is 11.3 Å². The SMILES string of the molecule is CSCc1nc(C(=O)Nc2ccc(C#N)cc2)cc(=O)[nH]1. The summed E-state index contributed by atoms with van der Waals surface area (Å²) in [7, 11) is 0. The lowest BCUT2D eigenvalue weighted by molar-refractivity contribution is 0.102. The first kappa shape index (κ1) is 14.8. The number of amides is 1. The zero-order chi connectivity index (χ0) is 15.2. The number of thioether (sulfide) groups is 1. The van der Waals surface area contributed by atoms with Crippen LogP contribution in [0.1, 0.15) is 21.9 Å². The Balaban J connectivity index is 2.19. The van der Waals surface area contributed by atoms with Gasteiger partial charge in [-0.05, 0) is 30.5 Å². The summed E-state index contributed by atoms with van der Waals surface area (Å²) in [6.45, 7) is 0. The van der Waals surface area contributed by atoms with E-state index in [0.717, 1.165) is 6.07 Å². The van der Waals surface area contributed by atoms with E-state index < -0.39 is 5.91 Å². The first-order chi connectivity index (χ1) is 10.1. The molecule has 0 radical (unpaired) electrons. The van der Waals surface area contributed by atoms with Crippen molar-refractivity contribution in [3.8, 4) is 6.07 Å². The van der Waals surface area contributed by atoms with Crippen LogP contribution in [-0.2, 0) is 5.75 Å². The predicted molar refractivity (Wildman–Crippen MR) is 81.2 cm³/mol. The molecule has 0 spiro atoms. The molecule has 1 aromatic heterocycles. The van der Waals surface area contributed by atoms with Crippen LogP contribution < -0.4 is 10.9 Å². The van der Waals surface area contributed by atoms with Gasteiger partial charge in [-0.25, -0.2) is 4.98 Å². The molecule has 0 aliphatic carbocycles. The Morgan fingerprint density at radius 3 is 2.76 bits per heavy atom. The van der Waals surface area contributed by atoms with Crippen LogP contribution in [0.2, 0.25) is 0 Å². The second-order valence-corrected chi connectivity index (χ2v) is 5.02. The quantitative estimate of drug-likeness (QED) is 0.896. The number of carbonyl (C=O) groups excluding carboxylic acids is 1. The van der Waals surface area contributed by atoms with E-state index in [1.807, 2.05) is 12.3 Å². The van der Waals surface area contributed by atoms with Gasteiger partial charge in [0.1, 0.15) is 11.5 Å². The zero-order valence-corrected chi connectivity index (χ0v) is 12.0. The number of H-pyrrole nitrogens is 1. The van der Waals surface area contributed by atoms with Crippen molar-refractivity contribution >= 4 is 23.4 Å². The highest BCUT2D eigenvalue weighted by Gasteiger charge is 2.10. The molecule has 0 fully saturated rings. The average Bonchev–Trinajstić information content (AvgIpc) is 2.48.